The first-order chi connectivity index (χ1) is 14.7. The third kappa shape index (κ3) is 6.05. The van der Waals surface area contributed by atoms with Gasteiger partial charge in [-0.1, -0.05) is 51.1 Å². The van der Waals surface area contributed by atoms with E-state index in [0.29, 0.717) is 18.3 Å². The highest BCUT2D eigenvalue weighted by molar-refractivity contribution is 5.48. The summed E-state index contributed by atoms with van der Waals surface area (Å²) in [4.78, 5) is 13.5. The molecule has 2 N–H and O–H groups in total. The van der Waals surface area contributed by atoms with Crippen molar-refractivity contribution in [3.8, 4) is 5.75 Å². The Morgan fingerprint density at radius 1 is 1.03 bits per heavy atom. The van der Waals surface area contributed by atoms with Crippen molar-refractivity contribution in [2.24, 2.45) is 5.73 Å². The Bertz CT molecular complexity index is 882. The maximum absolute atomic E-state index is 11.5. The van der Waals surface area contributed by atoms with Crippen molar-refractivity contribution < 1.29 is 9.66 Å². The van der Waals surface area contributed by atoms with Gasteiger partial charge in [0.05, 0.1) is 12.0 Å². The molecule has 0 saturated heterocycles. The van der Waals surface area contributed by atoms with Crippen LogP contribution in [0.25, 0.3) is 0 Å². The lowest BCUT2D eigenvalue weighted by Crippen LogP contribution is -2.40. The van der Waals surface area contributed by atoms with E-state index in [2.05, 4.69) is 49.9 Å². The first-order valence-corrected chi connectivity index (χ1v) is 11.1. The highest BCUT2D eigenvalue weighted by Gasteiger charge is 2.26. The number of methoxy groups -OCH3 is 1. The van der Waals surface area contributed by atoms with Crippen LogP contribution >= 0.6 is 0 Å². The minimum absolute atomic E-state index is 0.0140. The molecular weight excluding hydrogens is 390 g/mol. The van der Waals surface area contributed by atoms with E-state index in [1.807, 2.05) is 6.07 Å². The molecule has 0 spiro atoms. The second-order valence-electron chi connectivity index (χ2n) is 9.68. The maximum Gasteiger partial charge on any atom is 0.311 e. The van der Waals surface area contributed by atoms with E-state index in [9.17, 15) is 10.1 Å². The van der Waals surface area contributed by atoms with Crippen LogP contribution in [0.3, 0.4) is 0 Å². The normalized spacial score (nSPS) is 19.4. The lowest BCUT2D eigenvalue weighted by Gasteiger charge is -2.36. The number of rotatable bonds is 7. The number of nitrogens with zero attached hydrogens (tertiary/aromatic N) is 2. The summed E-state index contributed by atoms with van der Waals surface area (Å²) in [5.74, 6) is 0.293. The Labute approximate surface area is 185 Å². The molecule has 2 aromatic carbocycles. The van der Waals surface area contributed by atoms with Gasteiger partial charge in [-0.2, -0.15) is 0 Å². The van der Waals surface area contributed by atoms with Crippen LogP contribution in [0, 0.1) is 10.1 Å². The molecule has 1 aliphatic rings. The number of nitrogens with two attached hydrogens (primary N) is 1. The largest absolute Gasteiger partial charge is 0.490 e. The molecule has 6 nitrogen and oxygen atoms in total. The van der Waals surface area contributed by atoms with E-state index in [1.54, 1.807) is 12.1 Å². The maximum atomic E-state index is 11.5. The molecule has 0 unspecified atom stereocenters. The summed E-state index contributed by atoms with van der Waals surface area (Å²) in [7, 11) is 1.46. The van der Waals surface area contributed by atoms with E-state index in [0.717, 1.165) is 37.8 Å². The zero-order chi connectivity index (χ0) is 22.6. The Kier molecular flexibility index (Phi) is 7.34. The molecule has 0 heterocycles. The number of nitro benzene ring substituents is 1. The zero-order valence-electron chi connectivity index (χ0n) is 19.1. The molecule has 0 atom stereocenters. The van der Waals surface area contributed by atoms with Crippen LogP contribution in [0.5, 0.6) is 5.75 Å². The summed E-state index contributed by atoms with van der Waals surface area (Å²) in [6.45, 7) is 8.12. The fraction of sp³-hybridized carbons (Fsp3) is 0.520. The van der Waals surface area contributed by atoms with Crippen LogP contribution in [-0.2, 0) is 18.5 Å². The molecule has 0 radical (unpaired) electrons. The molecule has 0 bridgehead atoms. The summed E-state index contributed by atoms with van der Waals surface area (Å²) in [5.41, 5.74) is 9.77. The number of benzene rings is 2. The van der Waals surface area contributed by atoms with Gasteiger partial charge in [0.25, 0.3) is 0 Å². The molecule has 0 amide bonds. The van der Waals surface area contributed by atoms with E-state index >= 15 is 0 Å². The van der Waals surface area contributed by atoms with Gasteiger partial charge in [-0.15, -0.1) is 0 Å². The summed E-state index contributed by atoms with van der Waals surface area (Å²) in [6.07, 6.45) is 4.15. The molecule has 1 aliphatic carbocycles. The van der Waals surface area contributed by atoms with Gasteiger partial charge in [0.1, 0.15) is 0 Å². The van der Waals surface area contributed by atoms with Crippen LogP contribution in [0.1, 0.15) is 63.1 Å². The highest BCUT2D eigenvalue weighted by atomic mass is 16.6. The van der Waals surface area contributed by atoms with Crippen LogP contribution in [0.4, 0.5) is 5.69 Å². The van der Waals surface area contributed by atoms with Crippen LogP contribution < -0.4 is 10.5 Å². The van der Waals surface area contributed by atoms with Crippen molar-refractivity contribution in [1.29, 1.82) is 0 Å². The van der Waals surface area contributed by atoms with Gasteiger partial charge >= 0.3 is 5.69 Å². The molecule has 2 aromatic rings. The van der Waals surface area contributed by atoms with Gasteiger partial charge in [0.2, 0.25) is 0 Å². The molecule has 3 rings (SSSR count). The quantitative estimate of drug-likeness (QED) is 0.489. The summed E-state index contributed by atoms with van der Waals surface area (Å²) >= 11 is 0. The monoisotopic (exact) mass is 425 g/mol. The van der Waals surface area contributed by atoms with Crippen molar-refractivity contribution in [3.63, 3.8) is 0 Å². The Balaban J connectivity index is 1.83. The fourth-order valence-electron chi connectivity index (χ4n) is 4.34. The lowest BCUT2D eigenvalue weighted by atomic mass is 9.86. The standard InChI is InChI=1S/C25H35N3O3/c1-25(2,3)20-8-5-18(6-9-20)16-27(22-12-10-21(26)11-13-22)17-19-7-14-24(31-4)23(15-19)28(29)30/h5-9,14-15,21-22H,10-13,16-17,26H2,1-4H3. The second-order valence-corrected chi connectivity index (χ2v) is 9.68. The SMILES string of the molecule is COc1ccc(CN(Cc2ccc(C(C)(C)C)cc2)C2CCC(N)CC2)cc1[N+](=O)[O-]. The summed E-state index contributed by atoms with van der Waals surface area (Å²) < 4.78 is 5.16. The minimum atomic E-state index is -0.377. The van der Waals surface area contributed by atoms with E-state index in [1.165, 1.54) is 18.2 Å². The zero-order valence-corrected chi connectivity index (χ0v) is 19.1. The average Bonchev–Trinajstić information content (AvgIpc) is 2.73. The van der Waals surface area contributed by atoms with Crippen molar-refractivity contribution in [2.45, 2.75) is 77.0 Å². The molecule has 0 aliphatic heterocycles. The van der Waals surface area contributed by atoms with E-state index in [-0.39, 0.29) is 22.1 Å². The van der Waals surface area contributed by atoms with Crippen molar-refractivity contribution >= 4 is 5.69 Å². The predicted molar refractivity (Wildman–Crippen MR) is 124 cm³/mol. The van der Waals surface area contributed by atoms with Crippen LogP contribution in [0.2, 0.25) is 0 Å². The van der Waals surface area contributed by atoms with Crippen molar-refractivity contribution in [3.05, 3.63) is 69.3 Å². The van der Waals surface area contributed by atoms with Crippen LogP contribution in [0.15, 0.2) is 42.5 Å². The van der Waals surface area contributed by atoms with Gasteiger partial charge < -0.3 is 10.5 Å². The fourth-order valence-corrected chi connectivity index (χ4v) is 4.34. The molecule has 6 heteroatoms. The molecule has 31 heavy (non-hydrogen) atoms. The molecular formula is C25H35N3O3. The highest BCUT2D eigenvalue weighted by Crippen LogP contribution is 2.31. The first kappa shape index (κ1) is 23.2. The number of hydrogen-bond acceptors (Lipinski definition) is 5. The molecule has 168 valence electrons. The number of hydrogen-bond donors (Lipinski definition) is 1. The van der Waals surface area contributed by atoms with Crippen molar-refractivity contribution in [1.82, 2.24) is 4.90 Å². The molecule has 0 aromatic heterocycles. The smallest absolute Gasteiger partial charge is 0.311 e. The third-order valence-electron chi connectivity index (χ3n) is 6.29. The Hall–Kier alpha value is -2.44. The molecule has 1 fully saturated rings. The topological polar surface area (TPSA) is 81.6 Å². The first-order valence-electron chi connectivity index (χ1n) is 11.1. The van der Waals surface area contributed by atoms with Gasteiger partial charge in [0.15, 0.2) is 5.75 Å². The average molecular weight is 426 g/mol. The van der Waals surface area contributed by atoms with Gasteiger partial charge in [0, 0.05) is 31.2 Å². The summed E-state index contributed by atoms with van der Waals surface area (Å²) in [6, 6.07) is 14.8. The van der Waals surface area contributed by atoms with Gasteiger partial charge in [-0.25, -0.2) is 0 Å². The molecule has 1 saturated carbocycles. The number of nitro groups is 1. The van der Waals surface area contributed by atoms with E-state index in [4.69, 9.17) is 10.5 Å². The number of ether oxygens (including phenoxy) is 1. The van der Waals surface area contributed by atoms with E-state index < -0.39 is 0 Å². The van der Waals surface area contributed by atoms with Crippen molar-refractivity contribution in [2.75, 3.05) is 7.11 Å². The second kappa shape index (κ2) is 9.79. The minimum Gasteiger partial charge on any atom is -0.490 e. The summed E-state index contributed by atoms with van der Waals surface area (Å²) in [5, 5.41) is 11.5. The van der Waals surface area contributed by atoms with Gasteiger partial charge in [-0.05, 0) is 53.9 Å². The third-order valence-corrected chi connectivity index (χ3v) is 6.29. The Morgan fingerprint density at radius 3 is 2.16 bits per heavy atom. The predicted octanol–water partition coefficient (Wildman–Crippen LogP) is 5.17. The van der Waals surface area contributed by atoms with Crippen LogP contribution in [-0.4, -0.2) is 29.0 Å². The Morgan fingerprint density at radius 2 is 1.61 bits per heavy atom. The lowest BCUT2D eigenvalue weighted by molar-refractivity contribution is -0.385. The van der Waals surface area contributed by atoms with Gasteiger partial charge in [-0.3, -0.25) is 15.0 Å².